The first-order valence-electron chi connectivity index (χ1n) is 11.0. The van der Waals surface area contributed by atoms with Crippen molar-refractivity contribution in [2.75, 3.05) is 25.0 Å². The fourth-order valence-corrected chi connectivity index (χ4v) is 3.77. The van der Waals surface area contributed by atoms with Crippen LogP contribution in [0.25, 0.3) is 0 Å². The highest BCUT2D eigenvalue weighted by molar-refractivity contribution is 5.94. The molecule has 2 rings (SSSR count). The van der Waals surface area contributed by atoms with Crippen LogP contribution in [0, 0.1) is 17.2 Å². The van der Waals surface area contributed by atoms with E-state index in [4.69, 9.17) is 10.00 Å². The molecule has 2 atom stereocenters. The van der Waals surface area contributed by atoms with Crippen molar-refractivity contribution in [2.45, 2.75) is 72.1 Å². The summed E-state index contributed by atoms with van der Waals surface area (Å²) in [5.41, 5.74) is 0.609. The number of anilines is 1. The van der Waals surface area contributed by atoms with Crippen LogP contribution in [0.5, 0.6) is 0 Å². The molecule has 2 unspecified atom stereocenters. The molecule has 7 heteroatoms. The van der Waals surface area contributed by atoms with Crippen molar-refractivity contribution in [3.63, 3.8) is 0 Å². The highest BCUT2D eigenvalue weighted by atomic mass is 16.6. The zero-order chi connectivity index (χ0) is 23.2. The van der Waals surface area contributed by atoms with Crippen LogP contribution < -0.4 is 5.32 Å². The molecular weight excluding hydrogens is 392 g/mol. The first kappa shape index (κ1) is 24.7. The number of carbonyl (C=O) groups excluding carboxylic acids is 2. The Bertz CT molecular complexity index is 810. The van der Waals surface area contributed by atoms with Gasteiger partial charge in [-0.3, -0.25) is 9.69 Å². The number of nitrogens with one attached hydrogen (secondary N) is 1. The molecule has 0 bridgehead atoms. The van der Waals surface area contributed by atoms with Gasteiger partial charge in [-0.05, 0) is 85.0 Å². The van der Waals surface area contributed by atoms with Gasteiger partial charge in [-0.1, -0.05) is 6.07 Å². The van der Waals surface area contributed by atoms with Gasteiger partial charge in [0.05, 0.1) is 17.7 Å². The maximum atomic E-state index is 12.8. The second kappa shape index (κ2) is 10.6. The summed E-state index contributed by atoms with van der Waals surface area (Å²) in [7, 11) is 0. The molecular formula is C24H36N4O3. The van der Waals surface area contributed by atoms with Crippen LogP contribution in [0.1, 0.15) is 59.9 Å². The normalized spacial score (nSPS) is 18.2. The number of benzene rings is 1. The second-order valence-corrected chi connectivity index (χ2v) is 9.59. The zero-order valence-electron chi connectivity index (χ0n) is 19.6. The van der Waals surface area contributed by atoms with Gasteiger partial charge < -0.3 is 15.0 Å². The SMILES string of the molecule is CC(C(=O)Nc1cccc(C#N)c1)N1CCCC(CN(C(=O)OC(C)(C)C)C(C)C)C1. The van der Waals surface area contributed by atoms with Gasteiger partial charge in [0.1, 0.15) is 5.60 Å². The Labute approximate surface area is 186 Å². The lowest BCUT2D eigenvalue weighted by molar-refractivity contribution is -0.121. The van der Waals surface area contributed by atoms with Crippen LogP contribution in [0.4, 0.5) is 10.5 Å². The summed E-state index contributed by atoms with van der Waals surface area (Å²) in [5.74, 6) is 0.185. The fourth-order valence-electron chi connectivity index (χ4n) is 3.77. The lowest BCUT2D eigenvalue weighted by Gasteiger charge is -2.39. The largest absolute Gasteiger partial charge is 0.444 e. The third-order valence-corrected chi connectivity index (χ3v) is 5.44. The highest BCUT2D eigenvalue weighted by Crippen LogP contribution is 2.22. The molecule has 1 N–H and O–H groups in total. The number of nitriles is 1. The number of hydrogen-bond acceptors (Lipinski definition) is 5. The second-order valence-electron chi connectivity index (χ2n) is 9.59. The van der Waals surface area contributed by atoms with E-state index in [1.54, 1.807) is 29.2 Å². The molecule has 1 fully saturated rings. The molecule has 1 aromatic carbocycles. The van der Waals surface area contributed by atoms with Crippen molar-refractivity contribution < 1.29 is 14.3 Å². The number of rotatable bonds is 6. The Hall–Kier alpha value is -2.59. The molecule has 1 heterocycles. The number of likely N-dealkylation sites (tertiary alicyclic amines) is 1. The van der Waals surface area contributed by atoms with E-state index in [0.717, 1.165) is 25.9 Å². The maximum Gasteiger partial charge on any atom is 0.410 e. The fraction of sp³-hybridized carbons (Fsp3) is 0.625. The summed E-state index contributed by atoms with van der Waals surface area (Å²) in [6, 6.07) is 8.74. The average molecular weight is 429 g/mol. The van der Waals surface area contributed by atoms with E-state index >= 15 is 0 Å². The minimum atomic E-state index is -0.529. The van der Waals surface area contributed by atoms with E-state index in [9.17, 15) is 9.59 Å². The number of nitrogens with zero attached hydrogens (tertiary/aromatic N) is 3. The van der Waals surface area contributed by atoms with Crippen molar-refractivity contribution in [2.24, 2.45) is 5.92 Å². The Kier molecular flexibility index (Phi) is 8.46. The third-order valence-electron chi connectivity index (χ3n) is 5.44. The summed E-state index contributed by atoms with van der Waals surface area (Å²) in [5, 5.41) is 12.0. The molecule has 0 radical (unpaired) electrons. The van der Waals surface area contributed by atoms with Gasteiger partial charge in [0.2, 0.25) is 5.91 Å². The van der Waals surface area contributed by atoms with Gasteiger partial charge in [0.15, 0.2) is 0 Å². The Balaban J connectivity index is 1.98. The van der Waals surface area contributed by atoms with Crippen LogP contribution in [0.2, 0.25) is 0 Å². The number of ether oxygens (including phenoxy) is 1. The van der Waals surface area contributed by atoms with E-state index < -0.39 is 5.60 Å². The maximum absolute atomic E-state index is 12.8. The van der Waals surface area contributed by atoms with Crippen LogP contribution in [-0.2, 0) is 9.53 Å². The minimum Gasteiger partial charge on any atom is -0.444 e. The molecule has 0 aromatic heterocycles. The summed E-state index contributed by atoms with van der Waals surface area (Å²) in [6.07, 6.45) is 1.70. The van der Waals surface area contributed by atoms with Crippen LogP contribution >= 0.6 is 0 Å². The number of amides is 2. The Morgan fingerprint density at radius 2 is 2.03 bits per heavy atom. The minimum absolute atomic E-state index is 0.0401. The quantitative estimate of drug-likeness (QED) is 0.732. The van der Waals surface area contributed by atoms with E-state index in [-0.39, 0.29) is 30.0 Å². The first-order chi connectivity index (χ1) is 14.5. The van der Waals surface area contributed by atoms with Crippen LogP contribution in [-0.4, -0.2) is 59.1 Å². The van der Waals surface area contributed by atoms with Crippen molar-refractivity contribution >= 4 is 17.7 Å². The van der Waals surface area contributed by atoms with E-state index in [0.29, 0.717) is 17.8 Å². The lowest BCUT2D eigenvalue weighted by atomic mass is 9.95. The average Bonchev–Trinajstić information content (AvgIpc) is 2.70. The molecule has 7 nitrogen and oxygen atoms in total. The lowest BCUT2D eigenvalue weighted by Crippen LogP contribution is -2.50. The van der Waals surface area contributed by atoms with Crippen molar-refractivity contribution in [1.29, 1.82) is 5.26 Å². The van der Waals surface area contributed by atoms with Crippen molar-refractivity contribution in [3.8, 4) is 6.07 Å². The van der Waals surface area contributed by atoms with Gasteiger partial charge in [0.25, 0.3) is 0 Å². The molecule has 1 saturated heterocycles. The smallest absolute Gasteiger partial charge is 0.410 e. The van der Waals surface area contributed by atoms with Gasteiger partial charge in [-0.25, -0.2) is 4.79 Å². The summed E-state index contributed by atoms with van der Waals surface area (Å²) in [4.78, 5) is 29.4. The van der Waals surface area contributed by atoms with Gasteiger partial charge in [-0.15, -0.1) is 0 Å². The summed E-state index contributed by atoms with van der Waals surface area (Å²) in [6.45, 7) is 13.7. The molecule has 0 spiro atoms. The molecule has 2 amide bonds. The first-order valence-corrected chi connectivity index (χ1v) is 11.0. The van der Waals surface area contributed by atoms with Gasteiger partial charge in [-0.2, -0.15) is 5.26 Å². The van der Waals surface area contributed by atoms with Crippen LogP contribution in [0.15, 0.2) is 24.3 Å². The number of hydrogen-bond donors (Lipinski definition) is 1. The Morgan fingerprint density at radius 1 is 1.32 bits per heavy atom. The molecule has 0 aliphatic carbocycles. The van der Waals surface area contributed by atoms with Gasteiger partial charge >= 0.3 is 6.09 Å². The molecule has 1 aromatic rings. The number of carbonyl (C=O) groups is 2. The predicted molar refractivity (Wildman–Crippen MR) is 122 cm³/mol. The predicted octanol–water partition coefficient (Wildman–Crippen LogP) is 4.24. The van der Waals surface area contributed by atoms with E-state index in [2.05, 4.69) is 16.3 Å². The third kappa shape index (κ3) is 7.55. The molecule has 1 aliphatic rings. The van der Waals surface area contributed by atoms with Crippen LogP contribution in [0.3, 0.4) is 0 Å². The molecule has 0 saturated carbocycles. The molecule has 31 heavy (non-hydrogen) atoms. The number of piperidine rings is 1. The zero-order valence-corrected chi connectivity index (χ0v) is 19.6. The van der Waals surface area contributed by atoms with Gasteiger partial charge in [0, 0.05) is 24.8 Å². The van der Waals surface area contributed by atoms with E-state index in [1.165, 1.54) is 0 Å². The monoisotopic (exact) mass is 428 g/mol. The van der Waals surface area contributed by atoms with E-state index in [1.807, 2.05) is 41.5 Å². The molecule has 170 valence electrons. The molecule has 1 aliphatic heterocycles. The Morgan fingerprint density at radius 3 is 2.65 bits per heavy atom. The highest BCUT2D eigenvalue weighted by Gasteiger charge is 2.31. The standard InChI is InChI=1S/C24H36N4O3/c1-17(2)28(23(30)31-24(4,5)6)16-20-10-8-12-27(15-20)18(3)22(29)26-21-11-7-9-19(13-21)14-25/h7,9,11,13,17-18,20H,8,10,12,15-16H2,1-6H3,(H,26,29). The summed E-state index contributed by atoms with van der Waals surface area (Å²) < 4.78 is 5.59. The van der Waals surface area contributed by atoms with Crippen molar-refractivity contribution in [1.82, 2.24) is 9.80 Å². The summed E-state index contributed by atoms with van der Waals surface area (Å²) >= 11 is 0. The topological polar surface area (TPSA) is 85.7 Å². The van der Waals surface area contributed by atoms with Crippen molar-refractivity contribution in [3.05, 3.63) is 29.8 Å².